The van der Waals surface area contributed by atoms with Crippen LogP contribution in [0.4, 0.5) is 11.5 Å². The second-order valence-electron chi connectivity index (χ2n) is 4.36. The summed E-state index contributed by atoms with van der Waals surface area (Å²) in [7, 11) is 0. The molecule has 3 heteroatoms. The van der Waals surface area contributed by atoms with E-state index >= 15 is 0 Å². The van der Waals surface area contributed by atoms with Crippen LogP contribution in [0.3, 0.4) is 0 Å². The number of H-pyrrole nitrogens is 1. The van der Waals surface area contributed by atoms with Gasteiger partial charge in [0.1, 0.15) is 11.6 Å². The molecular formula is C15H14N2O. The fourth-order valence-electron chi connectivity index (χ4n) is 2.10. The summed E-state index contributed by atoms with van der Waals surface area (Å²) >= 11 is 0. The fourth-order valence-corrected chi connectivity index (χ4v) is 2.10. The lowest BCUT2D eigenvalue weighted by Gasteiger charge is -2.10. The van der Waals surface area contributed by atoms with Gasteiger partial charge in [-0.1, -0.05) is 30.3 Å². The number of hydrogen-bond acceptors (Lipinski definition) is 2. The SMILES string of the molecule is Cc1ccc(Nc2c(O)ccc3ccccc23)[nH]1. The molecule has 2 aromatic carbocycles. The normalized spacial score (nSPS) is 10.7. The Morgan fingerprint density at radius 2 is 1.83 bits per heavy atom. The molecule has 0 aliphatic heterocycles. The first kappa shape index (κ1) is 10.7. The maximum atomic E-state index is 10.0. The van der Waals surface area contributed by atoms with Gasteiger partial charge in [-0.25, -0.2) is 0 Å². The number of benzene rings is 2. The smallest absolute Gasteiger partial charge is 0.139 e. The highest BCUT2D eigenvalue weighted by Gasteiger charge is 2.07. The van der Waals surface area contributed by atoms with Crippen molar-refractivity contribution in [3.63, 3.8) is 0 Å². The van der Waals surface area contributed by atoms with Crippen molar-refractivity contribution in [1.29, 1.82) is 0 Å². The topological polar surface area (TPSA) is 48.0 Å². The van der Waals surface area contributed by atoms with Crippen LogP contribution in [0.1, 0.15) is 5.69 Å². The van der Waals surface area contributed by atoms with E-state index in [1.807, 2.05) is 49.4 Å². The Labute approximate surface area is 105 Å². The molecule has 1 heterocycles. The van der Waals surface area contributed by atoms with E-state index in [2.05, 4.69) is 10.3 Å². The average molecular weight is 238 g/mol. The Balaban J connectivity index is 2.12. The number of aryl methyl sites for hydroxylation is 1. The van der Waals surface area contributed by atoms with Crippen LogP contribution in [0.5, 0.6) is 5.75 Å². The highest BCUT2D eigenvalue weighted by Crippen LogP contribution is 2.34. The zero-order valence-electron chi connectivity index (χ0n) is 10.1. The lowest BCUT2D eigenvalue weighted by Crippen LogP contribution is -1.92. The molecule has 3 aromatic rings. The second kappa shape index (κ2) is 4.11. The van der Waals surface area contributed by atoms with E-state index in [1.54, 1.807) is 6.07 Å². The molecule has 3 nitrogen and oxygen atoms in total. The van der Waals surface area contributed by atoms with Crippen molar-refractivity contribution in [3.05, 3.63) is 54.2 Å². The molecule has 0 unspecified atom stereocenters. The van der Waals surface area contributed by atoms with Crippen LogP contribution in [0.15, 0.2) is 48.5 Å². The number of phenols is 1. The van der Waals surface area contributed by atoms with Crippen LogP contribution >= 0.6 is 0 Å². The molecule has 0 fully saturated rings. The maximum Gasteiger partial charge on any atom is 0.139 e. The van der Waals surface area contributed by atoms with Crippen molar-refractivity contribution >= 4 is 22.3 Å². The molecule has 0 spiro atoms. The highest BCUT2D eigenvalue weighted by atomic mass is 16.3. The van der Waals surface area contributed by atoms with E-state index < -0.39 is 0 Å². The molecule has 0 saturated heterocycles. The summed E-state index contributed by atoms with van der Waals surface area (Å²) < 4.78 is 0. The van der Waals surface area contributed by atoms with Gasteiger partial charge in [-0.05, 0) is 30.5 Å². The van der Waals surface area contributed by atoms with Gasteiger partial charge in [0.15, 0.2) is 0 Å². The molecule has 3 rings (SSSR count). The number of rotatable bonds is 2. The average Bonchev–Trinajstić information content (AvgIpc) is 2.79. The number of fused-ring (bicyclic) bond motifs is 1. The summed E-state index contributed by atoms with van der Waals surface area (Å²) in [5.74, 6) is 1.13. The predicted molar refractivity (Wildman–Crippen MR) is 74.4 cm³/mol. The molecule has 3 N–H and O–H groups in total. The van der Waals surface area contributed by atoms with Crippen molar-refractivity contribution in [1.82, 2.24) is 4.98 Å². The fraction of sp³-hybridized carbons (Fsp3) is 0.0667. The quantitative estimate of drug-likeness (QED) is 0.592. The van der Waals surface area contributed by atoms with Gasteiger partial charge in [-0.2, -0.15) is 0 Å². The third kappa shape index (κ3) is 1.80. The standard InChI is InChI=1S/C15H14N2O/c1-10-6-9-14(16-10)17-15-12-5-3-2-4-11(12)7-8-13(15)18/h2-9,16-18H,1H3. The number of aromatic amines is 1. The number of anilines is 2. The van der Waals surface area contributed by atoms with Crippen molar-refractivity contribution in [3.8, 4) is 5.75 Å². The Hall–Kier alpha value is -2.42. The Morgan fingerprint density at radius 3 is 2.61 bits per heavy atom. The Morgan fingerprint density at radius 1 is 1.00 bits per heavy atom. The van der Waals surface area contributed by atoms with Crippen molar-refractivity contribution in [2.45, 2.75) is 6.92 Å². The number of nitrogens with one attached hydrogen (secondary N) is 2. The lowest BCUT2D eigenvalue weighted by atomic mass is 10.1. The van der Waals surface area contributed by atoms with E-state index in [1.165, 1.54) is 0 Å². The minimum Gasteiger partial charge on any atom is -0.506 e. The molecule has 0 aliphatic carbocycles. The van der Waals surface area contributed by atoms with Crippen molar-refractivity contribution in [2.75, 3.05) is 5.32 Å². The highest BCUT2D eigenvalue weighted by molar-refractivity contribution is 5.98. The van der Waals surface area contributed by atoms with Crippen LogP contribution in [-0.4, -0.2) is 10.1 Å². The Kier molecular flexibility index (Phi) is 2.45. The van der Waals surface area contributed by atoms with E-state index in [9.17, 15) is 5.11 Å². The van der Waals surface area contributed by atoms with Gasteiger partial charge in [0.25, 0.3) is 0 Å². The summed E-state index contributed by atoms with van der Waals surface area (Å²) in [6, 6.07) is 15.5. The van der Waals surface area contributed by atoms with Gasteiger partial charge in [-0.15, -0.1) is 0 Å². The molecular weight excluding hydrogens is 224 g/mol. The molecule has 0 bridgehead atoms. The molecule has 90 valence electrons. The minimum atomic E-state index is 0.251. The van der Waals surface area contributed by atoms with Crippen LogP contribution in [0.2, 0.25) is 0 Å². The zero-order valence-corrected chi connectivity index (χ0v) is 10.1. The number of phenolic OH excluding ortho intramolecular Hbond substituents is 1. The Bertz CT molecular complexity index is 701. The van der Waals surface area contributed by atoms with Crippen LogP contribution in [-0.2, 0) is 0 Å². The lowest BCUT2D eigenvalue weighted by molar-refractivity contribution is 0.478. The van der Waals surface area contributed by atoms with Gasteiger partial charge in [-0.3, -0.25) is 0 Å². The largest absolute Gasteiger partial charge is 0.506 e. The second-order valence-corrected chi connectivity index (χ2v) is 4.36. The van der Waals surface area contributed by atoms with E-state index in [0.717, 1.165) is 28.0 Å². The summed E-state index contributed by atoms with van der Waals surface area (Å²) in [6.45, 7) is 1.99. The summed E-state index contributed by atoms with van der Waals surface area (Å²) in [5, 5.41) is 15.3. The van der Waals surface area contributed by atoms with Crippen LogP contribution in [0, 0.1) is 6.92 Å². The molecule has 0 atom stereocenters. The van der Waals surface area contributed by atoms with Gasteiger partial charge in [0.2, 0.25) is 0 Å². The number of aromatic nitrogens is 1. The third-order valence-electron chi connectivity index (χ3n) is 3.00. The van der Waals surface area contributed by atoms with Gasteiger partial charge >= 0.3 is 0 Å². The van der Waals surface area contributed by atoms with Crippen molar-refractivity contribution < 1.29 is 5.11 Å². The molecule has 0 amide bonds. The van der Waals surface area contributed by atoms with E-state index in [-0.39, 0.29) is 5.75 Å². The minimum absolute atomic E-state index is 0.251. The number of aromatic hydroxyl groups is 1. The molecule has 0 saturated carbocycles. The van der Waals surface area contributed by atoms with E-state index in [0.29, 0.717) is 0 Å². The predicted octanol–water partition coefficient (Wildman–Crippen LogP) is 3.93. The first-order chi connectivity index (χ1) is 8.74. The monoisotopic (exact) mass is 238 g/mol. The summed E-state index contributed by atoms with van der Waals surface area (Å²) in [6.07, 6.45) is 0. The molecule has 1 aromatic heterocycles. The molecule has 18 heavy (non-hydrogen) atoms. The van der Waals surface area contributed by atoms with Crippen LogP contribution < -0.4 is 5.32 Å². The van der Waals surface area contributed by atoms with Gasteiger partial charge in [0.05, 0.1) is 5.69 Å². The first-order valence-electron chi connectivity index (χ1n) is 5.87. The molecule has 0 radical (unpaired) electrons. The summed E-state index contributed by atoms with van der Waals surface area (Å²) in [4.78, 5) is 3.19. The number of hydrogen-bond donors (Lipinski definition) is 3. The van der Waals surface area contributed by atoms with Crippen LogP contribution in [0.25, 0.3) is 10.8 Å². The van der Waals surface area contributed by atoms with Gasteiger partial charge in [0, 0.05) is 11.1 Å². The van der Waals surface area contributed by atoms with E-state index in [4.69, 9.17) is 0 Å². The maximum absolute atomic E-state index is 10.0. The third-order valence-corrected chi connectivity index (χ3v) is 3.00. The zero-order chi connectivity index (χ0) is 12.5. The van der Waals surface area contributed by atoms with Gasteiger partial charge < -0.3 is 15.4 Å². The van der Waals surface area contributed by atoms with Crippen molar-refractivity contribution in [2.24, 2.45) is 0 Å². The summed E-state index contributed by atoms with van der Waals surface area (Å²) in [5.41, 5.74) is 1.81. The molecule has 0 aliphatic rings. The first-order valence-corrected chi connectivity index (χ1v) is 5.87.